The molecule has 0 unspecified atom stereocenters. The van der Waals surface area contributed by atoms with Gasteiger partial charge < -0.3 is 10.3 Å². The first-order valence-electron chi connectivity index (χ1n) is 4.37. The molecule has 0 aliphatic carbocycles. The number of hydrogen-bond acceptors (Lipinski definition) is 3. The summed E-state index contributed by atoms with van der Waals surface area (Å²) in [7, 11) is 0. The molecule has 1 heterocycles. The number of amidine groups is 1. The van der Waals surface area contributed by atoms with Crippen LogP contribution in [0.25, 0.3) is 0 Å². The Morgan fingerprint density at radius 1 is 1.44 bits per heavy atom. The van der Waals surface area contributed by atoms with E-state index in [4.69, 9.17) is 17.3 Å². The first-order valence-corrected chi connectivity index (χ1v) is 4.74. The van der Waals surface area contributed by atoms with Crippen molar-refractivity contribution in [1.29, 1.82) is 0 Å². The van der Waals surface area contributed by atoms with Crippen LogP contribution in [0.4, 0.5) is 10.1 Å². The van der Waals surface area contributed by atoms with Crippen molar-refractivity contribution in [3.05, 3.63) is 47.1 Å². The average Bonchev–Trinajstić information content (AvgIpc) is 2.77. The van der Waals surface area contributed by atoms with Crippen LogP contribution in [-0.4, -0.2) is 11.0 Å². The van der Waals surface area contributed by atoms with Gasteiger partial charge in [0.05, 0.1) is 10.7 Å². The van der Waals surface area contributed by atoms with Gasteiger partial charge in [-0.2, -0.15) is 0 Å². The molecule has 2 aromatic rings. The summed E-state index contributed by atoms with van der Waals surface area (Å²) in [6.07, 6.45) is 1.38. The molecule has 2 rings (SSSR count). The number of aliphatic imine (C=N–C) groups is 1. The highest BCUT2D eigenvalue weighted by Crippen LogP contribution is 2.21. The van der Waals surface area contributed by atoms with E-state index in [0.717, 1.165) is 0 Å². The molecule has 0 aliphatic heterocycles. The van der Waals surface area contributed by atoms with Crippen molar-refractivity contribution >= 4 is 23.1 Å². The summed E-state index contributed by atoms with van der Waals surface area (Å²) in [5.41, 5.74) is 6.52. The Labute approximate surface area is 95.5 Å². The lowest BCUT2D eigenvalue weighted by molar-refractivity contribution is 0.418. The molecule has 0 saturated heterocycles. The van der Waals surface area contributed by atoms with Gasteiger partial charge in [-0.3, -0.25) is 0 Å². The summed E-state index contributed by atoms with van der Waals surface area (Å²) in [6.45, 7) is 0. The SMILES string of the molecule is NC(=Nc1ccc(F)c(Cl)c1)c1ccon1. The smallest absolute Gasteiger partial charge is 0.153 e. The van der Waals surface area contributed by atoms with Gasteiger partial charge in [0.1, 0.15) is 17.8 Å². The number of halogens is 2. The maximum atomic E-state index is 12.9. The molecular weight excluding hydrogens is 233 g/mol. The molecule has 0 saturated carbocycles. The van der Waals surface area contributed by atoms with Crippen molar-refractivity contribution in [2.75, 3.05) is 0 Å². The van der Waals surface area contributed by atoms with E-state index in [1.54, 1.807) is 6.07 Å². The highest BCUT2D eigenvalue weighted by atomic mass is 35.5. The van der Waals surface area contributed by atoms with Gasteiger partial charge in [-0.05, 0) is 18.2 Å². The molecule has 0 radical (unpaired) electrons. The lowest BCUT2D eigenvalue weighted by Crippen LogP contribution is -2.12. The zero-order chi connectivity index (χ0) is 11.5. The van der Waals surface area contributed by atoms with Gasteiger partial charge in [-0.25, -0.2) is 9.38 Å². The Hall–Kier alpha value is -1.88. The second-order valence-electron chi connectivity index (χ2n) is 2.98. The fraction of sp³-hybridized carbons (Fsp3) is 0. The minimum Gasteiger partial charge on any atom is -0.382 e. The molecule has 0 fully saturated rings. The van der Waals surface area contributed by atoms with Gasteiger partial charge in [0, 0.05) is 6.07 Å². The van der Waals surface area contributed by atoms with E-state index >= 15 is 0 Å². The van der Waals surface area contributed by atoms with Crippen LogP contribution in [0.1, 0.15) is 5.69 Å². The third kappa shape index (κ3) is 2.20. The van der Waals surface area contributed by atoms with Crippen LogP contribution in [0.2, 0.25) is 5.02 Å². The zero-order valence-electron chi connectivity index (χ0n) is 8.02. The molecule has 4 nitrogen and oxygen atoms in total. The molecule has 16 heavy (non-hydrogen) atoms. The number of nitrogens with two attached hydrogens (primary N) is 1. The van der Waals surface area contributed by atoms with E-state index in [2.05, 4.69) is 14.7 Å². The zero-order valence-corrected chi connectivity index (χ0v) is 8.78. The molecule has 1 aromatic heterocycles. The van der Waals surface area contributed by atoms with Crippen molar-refractivity contribution in [2.24, 2.45) is 10.7 Å². The van der Waals surface area contributed by atoms with Gasteiger partial charge in [0.25, 0.3) is 0 Å². The van der Waals surface area contributed by atoms with Crippen molar-refractivity contribution in [1.82, 2.24) is 5.16 Å². The number of aromatic nitrogens is 1. The summed E-state index contributed by atoms with van der Waals surface area (Å²) in [4.78, 5) is 4.02. The maximum Gasteiger partial charge on any atom is 0.153 e. The third-order valence-corrected chi connectivity index (χ3v) is 2.14. The van der Waals surface area contributed by atoms with Gasteiger partial charge in [0.2, 0.25) is 0 Å². The summed E-state index contributed by atoms with van der Waals surface area (Å²) >= 11 is 5.60. The van der Waals surface area contributed by atoms with Gasteiger partial charge in [0.15, 0.2) is 5.84 Å². The Bertz CT molecular complexity index is 525. The Balaban J connectivity index is 2.32. The van der Waals surface area contributed by atoms with E-state index in [0.29, 0.717) is 11.4 Å². The number of hydrogen-bond donors (Lipinski definition) is 1. The van der Waals surface area contributed by atoms with Crippen LogP contribution < -0.4 is 5.73 Å². The quantitative estimate of drug-likeness (QED) is 0.647. The fourth-order valence-corrected chi connectivity index (χ4v) is 1.27. The Kier molecular flexibility index (Phi) is 2.87. The van der Waals surface area contributed by atoms with E-state index < -0.39 is 5.82 Å². The minimum atomic E-state index is -0.499. The van der Waals surface area contributed by atoms with Crippen LogP contribution in [0.3, 0.4) is 0 Å². The number of nitrogens with zero attached hydrogens (tertiary/aromatic N) is 2. The monoisotopic (exact) mass is 239 g/mol. The highest BCUT2D eigenvalue weighted by molar-refractivity contribution is 6.31. The normalized spacial score (nSPS) is 11.8. The largest absolute Gasteiger partial charge is 0.382 e. The average molecular weight is 240 g/mol. The Morgan fingerprint density at radius 3 is 2.88 bits per heavy atom. The third-order valence-electron chi connectivity index (χ3n) is 1.85. The number of rotatable bonds is 2. The highest BCUT2D eigenvalue weighted by Gasteiger charge is 2.04. The van der Waals surface area contributed by atoms with Crippen molar-refractivity contribution in [3.8, 4) is 0 Å². The molecule has 82 valence electrons. The summed E-state index contributed by atoms with van der Waals surface area (Å²) in [5.74, 6) is -0.322. The maximum absolute atomic E-state index is 12.9. The predicted molar refractivity (Wildman–Crippen MR) is 58.3 cm³/mol. The van der Waals surface area contributed by atoms with Crippen LogP contribution in [-0.2, 0) is 0 Å². The molecule has 0 bridgehead atoms. The first kappa shape index (κ1) is 10.6. The van der Waals surface area contributed by atoms with Crippen LogP contribution in [0.5, 0.6) is 0 Å². The second kappa shape index (κ2) is 4.32. The van der Waals surface area contributed by atoms with Crippen molar-refractivity contribution in [2.45, 2.75) is 0 Å². The topological polar surface area (TPSA) is 64.4 Å². The van der Waals surface area contributed by atoms with Crippen molar-refractivity contribution < 1.29 is 8.91 Å². The molecule has 0 spiro atoms. The van der Waals surface area contributed by atoms with Gasteiger partial charge in [-0.1, -0.05) is 16.8 Å². The molecule has 1 aromatic carbocycles. The predicted octanol–water partition coefficient (Wildman–Crippen LogP) is 2.50. The summed E-state index contributed by atoms with van der Waals surface area (Å²) < 4.78 is 17.5. The Morgan fingerprint density at radius 2 is 2.25 bits per heavy atom. The van der Waals surface area contributed by atoms with E-state index in [-0.39, 0.29) is 10.9 Å². The lowest BCUT2D eigenvalue weighted by atomic mass is 10.3. The standard InChI is InChI=1S/C10H7ClFN3O/c11-7-5-6(1-2-8(7)12)14-10(13)9-3-4-16-15-9/h1-5H,(H2,13,14). The van der Waals surface area contributed by atoms with E-state index in [9.17, 15) is 4.39 Å². The van der Waals surface area contributed by atoms with Crippen LogP contribution in [0, 0.1) is 5.82 Å². The van der Waals surface area contributed by atoms with Crippen LogP contribution >= 0.6 is 11.6 Å². The van der Waals surface area contributed by atoms with Gasteiger partial charge in [-0.15, -0.1) is 0 Å². The summed E-state index contributed by atoms with van der Waals surface area (Å²) in [6, 6.07) is 5.64. The lowest BCUT2D eigenvalue weighted by Gasteiger charge is -1.98. The van der Waals surface area contributed by atoms with Crippen LogP contribution in [0.15, 0.2) is 40.0 Å². The number of benzene rings is 1. The molecule has 0 atom stereocenters. The molecule has 0 amide bonds. The summed E-state index contributed by atoms with van der Waals surface area (Å²) in [5, 5.41) is 3.61. The van der Waals surface area contributed by atoms with E-state index in [1.165, 1.54) is 24.5 Å². The van der Waals surface area contributed by atoms with Crippen molar-refractivity contribution in [3.63, 3.8) is 0 Å². The second-order valence-corrected chi connectivity index (χ2v) is 3.39. The first-order chi connectivity index (χ1) is 7.66. The fourth-order valence-electron chi connectivity index (χ4n) is 1.10. The molecule has 0 aliphatic rings. The molecule has 6 heteroatoms. The van der Waals surface area contributed by atoms with E-state index in [1.807, 2.05) is 0 Å². The minimum absolute atomic E-state index is 0.00537. The molecular formula is C10H7ClFN3O. The van der Waals surface area contributed by atoms with Gasteiger partial charge >= 0.3 is 0 Å². The molecule has 2 N–H and O–H groups in total.